The Hall–Kier alpha value is -3.53. The van der Waals surface area contributed by atoms with E-state index >= 15 is 0 Å². The Morgan fingerprint density at radius 1 is 1.20 bits per heavy atom. The first-order valence-corrected chi connectivity index (χ1v) is 8.48. The van der Waals surface area contributed by atoms with Crippen molar-refractivity contribution >= 4 is 27.7 Å². The van der Waals surface area contributed by atoms with Gasteiger partial charge in [0.05, 0.1) is 34.5 Å². The third-order valence-corrected chi connectivity index (χ3v) is 4.50. The predicted octanol–water partition coefficient (Wildman–Crippen LogP) is 3.36. The van der Waals surface area contributed by atoms with Crippen LogP contribution < -0.4 is 5.84 Å². The number of fused-ring (bicyclic) bond motifs is 3. The molecule has 3 heterocycles. The number of nitrogens with zero attached hydrogens (tertiary/aromatic N) is 5. The second-order valence-electron chi connectivity index (χ2n) is 6.48. The monoisotopic (exact) mass is 420 g/mol. The van der Waals surface area contributed by atoms with Crippen LogP contribution in [0.2, 0.25) is 0 Å². The summed E-state index contributed by atoms with van der Waals surface area (Å²) in [7, 11) is 0. The first-order chi connectivity index (χ1) is 16.6. The largest absolute Gasteiger partial charge is 0.417 e. The summed E-state index contributed by atoms with van der Waals surface area (Å²) in [5, 5.41) is 4.69. The molecule has 4 aromatic rings. The zero-order chi connectivity index (χ0) is 26.6. The van der Waals surface area contributed by atoms with E-state index in [0.717, 1.165) is 17.1 Å². The molecule has 0 aliphatic rings. The summed E-state index contributed by atoms with van der Waals surface area (Å²) in [4.78, 5) is 20.8. The Labute approximate surface area is 177 Å². The van der Waals surface area contributed by atoms with Crippen molar-refractivity contribution in [1.29, 1.82) is 0 Å². The number of aromatic nitrogens is 4. The molecule has 0 saturated carbocycles. The lowest BCUT2D eigenvalue weighted by Gasteiger charge is -2.17. The number of hydrogen-bond acceptors (Lipinski definition) is 5. The van der Waals surface area contributed by atoms with Crippen LogP contribution in [0.4, 0.5) is 13.2 Å². The fraction of sp³-hybridized carbons (Fsp3) is 0.200. The average molecular weight is 420 g/mol. The van der Waals surface area contributed by atoms with E-state index in [1.54, 1.807) is 0 Å². The van der Waals surface area contributed by atoms with Crippen LogP contribution in [-0.2, 0) is 19.7 Å². The molecule has 154 valence electrons. The standard InChI is InChI=1S/C20H17F3N6O/c1-11-16-9-26-17-6-3-12(7-15(17)18(16)28(2)27-11)19(30)29(24)10-14-5-4-13(8-25-14)20(21,22)23/h3-9H,10,24H2,1-2H3/i1D3,2D3. The van der Waals surface area contributed by atoms with Gasteiger partial charge in [0, 0.05) is 43.9 Å². The molecule has 1 amide bonds. The Kier molecular flexibility index (Phi) is 3.21. The zero-order valence-corrected chi connectivity index (χ0v) is 15.1. The minimum absolute atomic E-state index is 0.0000582. The molecule has 0 spiro atoms. The van der Waals surface area contributed by atoms with E-state index in [1.807, 2.05) is 0 Å². The number of amides is 1. The molecule has 7 nitrogen and oxygen atoms in total. The van der Waals surface area contributed by atoms with E-state index in [-0.39, 0.29) is 39.6 Å². The Morgan fingerprint density at radius 3 is 2.70 bits per heavy atom. The van der Waals surface area contributed by atoms with Gasteiger partial charge in [-0.15, -0.1) is 0 Å². The third-order valence-electron chi connectivity index (χ3n) is 4.50. The van der Waals surface area contributed by atoms with Gasteiger partial charge in [0.15, 0.2) is 0 Å². The summed E-state index contributed by atoms with van der Waals surface area (Å²) < 4.78 is 85.3. The number of aryl methyl sites for hydroxylation is 2. The maximum atomic E-state index is 13.0. The number of rotatable bonds is 3. The van der Waals surface area contributed by atoms with Crippen LogP contribution in [0, 0.1) is 6.85 Å². The minimum Gasteiger partial charge on any atom is -0.271 e. The Morgan fingerprint density at radius 2 is 2.03 bits per heavy atom. The van der Waals surface area contributed by atoms with Gasteiger partial charge in [0.2, 0.25) is 0 Å². The molecule has 0 saturated heterocycles. The molecule has 4 rings (SSSR count). The van der Waals surface area contributed by atoms with Crippen molar-refractivity contribution in [3.63, 3.8) is 0 Å². The molecule has 0 unspecified atom stereocenters. The molecule has 0 fully saturated rings. The predicted molar refractivity (Wildman–Crippen MR) is 104 cm³/mol. The summed E-state index contributed by atoms with van der Waals surface area (Å²) in [6.45, 7) is -5.86. The quantitative estimate of drug-likeness (QED) is 0.312. The van der Waals surface area contributed by atoms with Crippen LogP contribution >= 0.6 is 0 Å². The fourth-order valence-corrected chi connectivity index (χ4v) is 3.01. The van der Waals surface area contributed by atoms with Gasteiger partial charge in [0.25, 0.3) is 5.91 Å². The highest BCUT2D eigenvalue weighted by Gasteiger charge is 2.30. The third kappa shape index (κ3) is 3.45. The molecular formula is C20H17F3N6O. The normalized spacial score (nSPS) is 15.7. The molecule has 3 aromatic heterocycles. The number of carbonyl (C=O) groups excluding carboxylic acids is 1. The number of carbonyl (C=O) groups is 1. The van der Waals surface area contributed by atoms with Gasteiger partial charge in [-0.25, -0.2) is 5.84 Å². The van der Waals surface area contributed by atoms with Gasteiger partial charge in [-0.05, 0) is 37.2 Å². The van der Waals surface area contributed by atoms with Crippen LogP contribution in [0.3, 0.4) is 0 Å². The van der Waals surface area contributed by atoms with Crippen LogP contribution in [0.25, 0.3) is 21.8 Å². The SMILES string of the molecule is [2H]C([2H])([2H])c1nn(C([2H])([2H])[2H])c2c1cnc1ccc(C(=O)N(N)Cc3ccc(C(F)(F)F)cn3)cc12. The van der Waals surface area contributed by atoms with Gasteiger partial charge in [-0.1, -0.05) is 0 Å². The van der Waals surface area contributed by atoms with E-state index in [9.17, 15) is 18.0 Å². The Balaban J connectivity index is 1.75. The molecule has 0 radical (unpaired) electrons. The van der Waals surface area contributed by atoms with Crippen molar-refractivity contribution in [3.05, 3.63) is 65.2 Å². The molecule has 10 heteroatoms. The summed E-state index contributed by atoms with van der Waals surface area (Å²) in [5.41, 5.74) is -1.07. The highest BCUT2D eigenvalue weighted by molar-refractivity contribution is 6.07. The zero-order valence-electron chi connectivity index (χ0n) is 21.1. The number of nitrogens with two attached hydrogens (primary N) is 1. The lowest BCUT2D eigenvalue weighted by atomic mass is 10.1. The van der Waals surface area contributed by atoms with Crippen LogP contribution in [0.1, 0.15) is 35.5 Å². The van der Waals surface area contributed by atoms with E-state index in [1.165, 1.54) is 24.4 Å². The summed E-state index contributed by atoms with van der Waals surface area (Å²) >= 11 is 0. The molecule has 1 aromatic carbocycles. The van der Waals surface area contributed by atoms with Gasteiger partial charge in [0.1, 0.15) is 0 Å². The first-order valence-electron chi connectivity index (χ1n) is 11.5. The summed E-state index contributed by atoms with van der Waals surface area (Å²) in [5.74, 6) is 5.10. The fourth-order valence-electron chi connectivity index (χ4n) is 3.01. The molecule has 30 heavy (non-hydrogen) atoms. The number of pyridine rings is 2. The first kappa shape index (κ1) is 13.6. The molecular weight excluding hydrogens is 397 g/mol. The number of hydrogen-bond donors (Lipinski definition) is 1. The van der Waals surface area contributed by atoms with Crippen molar-refractivity contribution < 1.29 is 26.2 Å². The summed E-state index contributed by atoms with van der Waals surface area (Å²) in [6.07, 6.45) is -2.72. The van der Waals surface area contributed by atoms with Crippen molar-refractivity contribution in [1.82, 2.24) is 24.8 Å². The summed E-state index contributed by atoms with van der Waals surface area (Å²) in [6, 6.07) is 6.02. The Bertz CT molecular complexity index is 1460. The van der Waals surface area contributed by atoms with E-state index < -0.39 is 37.2 Å². The molecule has 0 aliphatic carbocycles. The number of alkyl halides is 3. The highest BCUT2D eigenvalue weighted by atomic mass is 19.4. The second kappa shape index (κ2) is 7.06. The van der Waals surface area contributed by atoms with E-state index in [2.05, 4.69) is 15.1 Å². The van der Waals surface area contributed by atoms with Crippen molar-refractivity contribution in [3.8, 4) is 0 Å². The molecule has 0 atom stereocenters. The molecule has 0 bridgehead atoms. The lowest BCUT2D eigenvalue weighted by molar-refractivity contribution is -0.137. The maximum absolute atomic E-state index is 13.0. The lowest BCUT2D eigenvalue weighted by Crippen LogP contribution is -2.37. The second-order valence-corrected chi connectivity index (χ2v) is 6.48. The van der Waals surface area contributed by atoms with Gasteiger partial charge in [-0.3, -0.25) is 24.5 Å². The molecule has 2 N–H and O–H groups in total. The van der Waals surface area contributed by atoms with E-state index in [0.29, 0.717) is 10.9 Å². The van der Waals surface area contributed by atoms with Crippen molar-refractivity contribution in [2.45, 2.75) is 19.6 Å². The number of benzene rings is 1. The number of hydrazine groups is 1. The average Bonchev–Trinajstić information content (AvgIpc) is 3.19. The smallest absolute Gasteiger partial charge is 0.271 e. The van der Waals surface area contributed by atoms with Gasteiger partial charge >= 0.3 is 6.18 Å². The maximum Gasteiger partial charge on any atom is 0.417 e. The van der Waals surface area contributed by atoms with E-state index in [4.69, 9.17) is 14.1 Å². The molecule has 0 aliphatic heterocycles. The van der Waals surface area contributed by atoms with Crippen LogP contribution in [0.15, 0.2) is 42.7 Å². The van der Waals surface area contributed by atoms with Crippen molar-refractivity contribution in [2.24, 2.45) is 12.8 Å². The minimum atomic E-state index is -4.56. The van der Waals surface area contributed by atoms with Crippen LogP contribution in [0.5, 0.6) is 0 Å². The van der Waals surface area contributed by atoms with Gasteiger partial charge < -0.3 is 0 Å². The number of halogens is 3. The van der Waals surface area contributed by atoms with Crippen LogP contribution in [-0.4, -0.2) is 30.7 Å². The van der Waals surface area contributed by atoms with Gasteiger partial charge in [-0.2, -0.15) is 18.3 Å². The highest BCUT2D eigenvalue weighted by Crippen LogP contribution is 2.29. The van der Waals surface area contributed by atoms with Crippen molar-refractivity contribution in [2.75, 3.05) is 0 Å². The topological polar surface area (TPSA) is 89.9 Å².